The average molecular weight is 399 g/mol. The van der Waals surface area contributed by atoms with Gasteiger partial charge < -0.3 is 14.6 Å². The molecule has 2 aromatic carbocycles. The van der Waals surface area contributed by atoms with E-state index in [2.05, 4.69) is 5.32 Å². The molecule has 0 bridgehead atoms. The molecule has 3 rings (SSSR count). The number of pyridine rings is 1. The van der Waals surface area contributed by atoms with Crippen LogP contribution in [0.25, 0.3) is 10.9 Å². The number of nitrogens with zero attached hydrogens (tertiary/aromatic N) is 1. The van der Waals surface area contributed by atoms with Gasteiger partial charge in [0, 0.05) is 30.1 Å². The van der Waals surface area contributed by atoms with Gasteiger partial charge in [-0.05, 0) is 42.3 Å². The van der Waals surface area contributed by atoms with Crippen molar-refractivity contribution >= 4 is 40.1 Å². The highest BCUT2D eigenvalue weighted by molar-refractivity contribution is 6.30. The standard InChI is InChI=1S/C21H19ClN2O4/c1-4-13-6-5-7-16-17(13)19(28-12(2)25)18(21(27)24(16)3)20(26)23-15-10-8-14(22)9-11-15/h5-11H,4H2,1-3H3,(H,23,26). The van der Waals surface area contributed by atoms with Crippen molar-refractivity contribution in [2.75, 3.05) is 5.32 Å². The predicted molar refractivity (Wildman–Crippen MR) is 109 cm³/mol. The van der Waals surface area contributed by atoms with E-state index in [1.165, 1.54) is 11.5 Å². The third-order valence-electron chi connectivity index (χ3n) is 4.42. The maximum Gasteiger partial charge on any atom is 0.308 e. The van der Waals surface area contributed by atoms with Gasteiger partial charge in [0.2, 0.25) is 0 Å². The van der Waals surface area contributed by atoms with Crippen molar-refractivity contribution in [2.45, 2.75) is 20.3 Å². The summed E-state index contributed by atoms with van der Waals surface area (Å²) in [5.74, 6) is -1.29. The van der Waals surface area contributed by atoms with E-state index in [-0.39, 0.29) is 11.3 Å². The van der Waals surface area contributed by atoms with E-state index < -0.39 is 17.4 Å². The van der Waals surface area contributed by atoms with Crippen LogP contribution in [0.4, 0.5) is 5.69 Å². The molecule has 1 amide bonds. The van der Waals surface area contributed by atoms with Crippen LogP contribution in [-0.4, -0.2) is 16.4 Å². The lowest BCUT2D eigenvalue weighted by molar-refractivity contribution is -0.131. The number of benzene rings is 2. The number of fused-ring (bicyclic) bond motifs is 1. The van der Waals surface area contributed by atoms with Crippen molar-refractivity contribution in [3.8, 4) is 5.75 Å². The lowest BCUT2D eigenvalue weighted by Crippen LogP contribution is -2.30. The molecule has 144 valence electrons. The number of hydrogen-bond acceptors (Lipinski definition) is 4. The summed E-state index contributed by atoms with van der Waals surface area (Å²) in [6, 6.07) is 11.9. The topological polar surface area (TPSA) is 77.4 Å². The minimum atomic E-state index is -0.660. The lowest BCUT2D eigenvalue weighted by atomic mass is 10.0. The van der Waals surface area contributed by atoms with E-state index in [0.29, 0.717) is 28.0 Å². The molecule has 7 heteroatoms. The molecule has 0 aliphatic heterocycles. The molecule has 1 aromatic heterocycles. The van der Waals surface area contributed by atoms with E-state index in [1.54, 1.807) is 37.4 Å². The Morgan fingerprint density at radius 2 is 1.82 bits per heavy atom. The van der Waals surface area contributed by atoms with Gasteiger partial charge in [0.05, 0.1) is 5.52 Å². The second kappa shape index (κ2) is 7.86. The monoisotopic (exact) mass is 398 g/mol. The first-order chi connectivity index (χ1) is 13.3. The highest BCUT2D eigenvalue weighted by atomic mass is 35.5. The molecule has 6 nitrogen and oxygen atoms in total. The van der Waals surface area contributed by atoms with Crippen LogP contribution >= 0.6 is 11.6 Å². The van der Waals surface area contributed by atoms with E-state index in [0.717, 1.165) is 5.56 Å². The summed E-state index contributed by atoms with van der Waals surface area (Å²) in [6.45, 7) is 3.18. The van der Waals surface area contributed by atoms with Gasteiger partial charge in [-0.3, -0.25) is 14.4 Å². The second-order valence-electron chi connectivity index (χ2n) is 6.29. The summed E-state index contributed by atoms with van der Waals surface area (Å²) in [7, 11) is 1.58. The molecule has 0 radical (unpaired) electrons. The van der Waals surface area contributed by atoms with E-state index in [4.69, 9.17) is 16.3 Å². The highest BCUT2D eigenvalue weighted by Gasteiger charge is 2.25. The van der Waals surface area contributed by atoms with Crippen molar-refractivity contribution in [1.29, 1.82) is 0 Å². The van der Waals surface area contributed by atoms with Gasteiger partial charge in [-0.2, -0.15) is 0 Å². The summed E-state index contributed by atoms with van der Waals surface area (Å²) in [4.78, 5) is 37.7. The fraction of sp³-hybridized carbons (Fsp3) is 0.190. The van der Waals surface area contributed by atoms with Gasteiger partial charge in [-0.15, -0.1) is 0 Å². The number of anilines is 1. The number of carbonyl (C=O) groups is 2. The third-order valence-corrected chi connectivity index (χ3v) is 4.67. The number of carbonyl (C=O) groups excluding carboxylic acids is 2. The van der Waals surface area contributed by atoms with Crippen LogP contribution < -0.4 is 15.6 Å². The van der Waals surface area contributed by atoms with Crippen molar-refractivity contribution in [3.05, 3.63) is 69.0 Å². The predicted octanol–water partition coefficient (Wildman–Crippen LogP) is 3.93. The Morgan fingerprint density at radius 1 is 1.14 bits per heavy atom. The molecule has 0 fully saturated rings. The van der Waals surface area contributed by atoms with Crippen molar-refractivity contribution < 1.29 is 14.3 Å². The van der Waals surface area contributed by atoms with E-state index >= 15 is 0 Å². The molecule has 0 unspecified atom stereocenters. The van der Waals surface area contributed by atoms with Crippen LogP contribution in [0.1, 0.15) is 29.8 Å². The smallest absolute Gasteiger partial charge is 0.308 e. The number of aryl methyl sites for hydroxylation is 2. The minimum absolute atomic E-state index is 0.0190. The van der Waals surface area contributed by atoms with Gasteiger partial charge in [0.15, 0.2) is 5.75 Å². The third kappa shape index (κ3) is 3.64. The number of amides is 1. The zero-order chi connectivity index (χ0) is 20.4. The number of esters is 1. The van der Waals surface area contributed by atoms with Crippen LogP contribution in [0.15, 0.2) is 47.3 Å². The van der Waals surface area contributed by atoms with Gasteiger partial charge in [0.25, 0.3) is 11.5 Å². The summed E-state index contributed by atoms with van der Waals surface area (Å²) < 4.78 is 6.77. The number of halogens is 1. The van der Waals surface area contributed by atoms with E-state index in [1.807, 2.05) is 19.1 Å². The molecule has 0 aliphatic carbocycles. The maximum absolute atomic E-state index is 13.0. The van der Waals surface area contributed by atoms with Crippen LogP contribution in [0.3, 0.4) is 0 Å². The Labute approximate surface area is 166 Å². The molecule has 0 saturated carbocycles. The van der Waals surface area contributed by atoms with Gasteiger partial charge in [-0.1, -0.05) is 30.7 Å². The van der Waals surface area contributed by atoms with Crippen molar-refractivity contribution in [1.82, 2.24) is 4.57 Å². The highest BCUT2D eigenvalue weighted by Crippen LogP contribution is 2.31. The zero-order valence-corrected chi connectivity index (χ0v) is 16.5. The Hall–Kier alpha value is -3.12. The maximum atomic E-state index is 13.0. The molecular formula is C21H19ClN2O4. The summed E-state index contributed by atoms with van der Waals surface area (Å²) in [5, 5.41) is 3.76. The largest absolute Gasteiger partial charge is 0.425 e. The molecule has 0 aliphatic rings. The molecular weight excluding hydrogens is 380 g/mol. The van der Waals surface area contributed by atoms with Crippen LogP contribution in [0, 0.1) is 0 Å². The van der Waals surface area contributed by atoms with Crippen LogP contribution in [0.2, 0.25) is 5.02 Å². The van der Waals surface area contributed by atoms with Gasteiger partial charge >= 0.3 is 5.97 Å². The summed E-state index contributed by atoms with van der Waals surface area (Å²) in [6.07, 6.45) is 0.641. The Kier molecular flexibility index (Phi) is 5.51. The Bertz CT molecular complexity index is 1130. The lowest BCUT2D eigenvalue weighted by Gasteiger charge is -2.17. The van der Waals surface area contributed by atoms with Crippen molar-refractivity contribution in [2.24, 2.45) is 7.05 Å². The molecule has 1 heterocycles. The Balaban J connectivity index is 2.26. The number of aromatic nitrogens is 1. The fourth-order valence-corrected chi connectivity index (χ4v) is 3.22. The van der Waals surface area contributed by atoms with Crippen LogP contribution in [-0.2, 0) is 18.3 Å². The molecule has 0 saturated heterocycles. The molecule has 28 heavy (non-hydrogen) atoms. The average Bonchev–Trinajstić information content (AvgIpc) is 2.66. The molecule has 1 N–H and O–H groups in total. The number of rotatable bonds is 4. The zero-order valence-electron chi connectivity index (χ0n) is 15.7. The summed E-state index contributed by atoms with van der Waals surface area (Å²) >= 11 is 5.87. The Morgan fingerprint density at radius 3 is 2.43 bits per heavy atom. The fourth-order valence-electron chi connectivity index (χ4n) is 3.09. The van der Waals surface area contributed by atoms with E-state index in [9.17, 15) is 14.4 Å². The number of nitrogens with one attached hydrogen (secondary N) is 1. The first-order valence-corrected chi connectivity index (χ1v) is 9.11. The van der Waals surface area contributed by atoms with Gasteiger partial charge in [0.1, 0.15) is 5.56 Å². The first kappa shape index (κ1) is 19.6. The quantitative estimate of drug-likeness (QED) is 0.675. The second-order valence-corrected chi connectivity index (χ2v) is 6.72. The number of ether oxygens (including phenoxy) is 1. The van der Waals surface area contributed by atoms with Gasteiger partial charge in [-0.25, -0.2) is 0 Å². The molecule has 3 aromatic rings. The summed E-state index contributed by atoms with van der Waals surface area (Å²) in [5.41, 5.74) is 1.15. The van der Waals surface area contributed by atoms with Crippen molar-refractivity contribution in [3.63, 3.8) is 0 Å². The first-order valence-electron chi connectivity index (χ1n) is 8.73. The molecule has 0 spiro atoms. The van der Waals surface area contributed by atoms with Crippen LogP contribution in [0.5, 0.6) is 5.75 Å². The number of hydrogen-bond donors (Lipinski definition) is 1. The minimum Gasteiger partial charge on any atom is -0.425 e. The normalized spacial score (nSPS) is 10.7. The molecule has 0 atom stereocenters. The SMILES string of the molecule is CCc1cccc2c1c(OC(C)=O)c(C(=O)Nc1ccc(Cl)cc1)c(=O)n2C.